The van der Waals surface area contributed by atoms with Crippen LogP contribution in [-0.4, -0.2) is 56.7 Å². The highest BCUT2D eigenvalue weighted by Crippen LogP contribution is 2.24. The van der Waals surface area contributed by atoms with E-state index in [4.69, 9.17) is 4.42 Å². The zero-order valence-corrected chi connectivity index (χ0v) is 15.6. The third-order valence-electron chi connectivity index (χ3n) is 4.94. The minimum absolute atomic E-state index is 0.133. The van der Waals surface area contributed by atoms with Crippen molar-refractivity contribution in [2.45, 2.75) is 69.7 Å². The van der Waals surface area contributed by atoms with E-state index >= 15 is 0 Å². The van der Waals surface area contributed by atoms with Crippen LogP contribution in [0.2, 0.25) is 0 Å². The van der Waals surface area contributed by atoms with Crippen molar-refractivity contribution in [1.29, 1.82) is 0 Å². The van der Waals surface area contributed by atoms with E-state index in [9.17, 15) is 9.59 Å². The Labute approximate surface area is 152 Å². The predicted octanol–water partition coefficient (Wildman–Crippen LogP) is 2.47. The summed E-state index contributed by atoms with van der Waals surface area (Å²) in [6, 6.07) is 0.381. The fourth-order valence-corrected chi connectivity index (χ4v) is 4.30. The Morgan fingerprint density at radius 2 is 2.08 bits per heavy atom. The second kappa shape index (κ2) is 8.69. The number of carbonyl (C=O) groups excluding carboxylic acids is 2. The number of nitrogens with zero attached hydrogens (tertiary/aromatic N) is 4. The Morgan fingerprint density at radius 1 is 1.28 bits per heavy atom. The van der Waals surface area contributed by atoms with Gasteiger partial charge in [0, 0.05) is 25.6 Å². The number of carbonyl (C=O) groups is 2. The fourth-order valence-electron chi connectivity index (χ4n) is 3.63. The third-order valence-corrected chi connectivity index (χ3v) is 5.74. The van der Waals surface area contributed by atoms with Crippen molar-refractivity contribution in [2.75, 3.05) is 18.8 Å². The average Bonchev–Trinajstić information content (AvgIpc) is 3.24. The monoisotopic (exact) mass is 366 g/mol. The molecule has 0 bridgehead atoms. The second-order valence-electron chi connectivity index (χ2n) is 6.64. The Hall–Kier alpha value is -1.57. The summed E-state index contributed by atoms with van der Waals surface area (Å²) in [5.41, 5.74) is 0. The minimum atomic E-state index is 0.133. The van der Waals surface area contributed by atoms with Gasteiger partial charge in [-0.3, -0.25) is 9.59 Å². The van der Waals surface area contributed by atoms with E-state index in [1.807, 2.05) is 11.8 Å². The van der Waals surface area contributed by atoms with Crippen LogP contribution >= 0.6 is 11.8 Å². The van der Waals surface area contributed by atoms with Crippen molar-refractivity contribution in [1.82, 2.24) is 20.0 Å². The molecule has 7 nitrogen and oxygen atoms in total. The summed E-state index contributed by atoms with van der Waals surface area (Å²) in [6.45, 7) is 3.89. The van der Waals surface area contributed by atoms with Crippen molar-refractivity contribution in [3.05, 3.63) is 5.89 Å². The molecule has 0 unspecified atom stereocenters. The average molecular weight is 366 g/mol. The van der Waals surface area contributed by atoms with Gasteiger partial charge in [-0.15, -0.1) is 10.2 Å². The Kier molecular flexibility index (Phi) is 6.34. The lowest BCUT2D eigenvalue weighted by Crippen LogP contribution is -2.42. The number of aromatic nitrogens is 2. The molecular formula is C17H26N4O3S. The molecule has 1 aromatic rings. The fraction of sp³-hybridized carbons (Fsp3) is 0.765. The van der Waals surface area contributed by atoms with Gasteiger partial charge in [-0.25, -0.2) is 0 Å². The summed E-state index contributed by atoms with van der Waals surface area (Å²) in [5.74, 6) is 1.02. The molecule has 0 aromatic carbocycles. The van der Waals surface area contributed by atoms with E-state index in [0.717, 1.165) is 32.4 Å². The van der Waals surface area contributed by atoms with Crippen LogP contribution in [0, 0.1) is 0 Å². The van der Waals surface area contributed by atoms with Gasteiger partial charge >= 0.3 is 0 Å². The summed E-state index contributed by atoms with van der Waals surface area (Å²) in [5, 5.41) is 8.38. The molecule has 1 aromatic heterocycles. The molecule has 0 N–H and O–H groups in total. The van der Waals surface area contributed by atoms with Crippen molar-refractivity contribution >= 4 is 23.6 Å². The number of hydrogen-bond donors (Lipinski definition) is 0. The summed E-state index contributed by atoms with van der Waals surface area (Å²) in [7, 11) is 0. The van der Waals surface area contributed by atoms with Gasteiger partial charge in [0.05, 0.1) is 12.3 Å². The Balaban J connectivity index is 1.49. The maximum atomic E-state index is 12.5. The standard InChI is InChI=1S/C17H26N4O3S/c1-2-21(13-7-4-3-5-8-13)16(23)12-25-17-19-18-14(24-17)11-20-10-6-9-15(20)22/h13H,2-12H2,1H3. The molecule has 1 saturated heterocycles. The molecule has 2 aliphatic rings. The van der Waals surface area contributed by atoms with Gasteiger partial charge in [0.1, 0.15) is 0 Å². The van der Waals surface area contributed by atoms with Crippen LogP contribution in [0.3, 0.4) is 0 Å². The molecule has 0 radical (unpaired) electrons. The first-order chi connectivity index (χ1) is 12.2. The van der Waals surface area contributed by atoms with Crippen LogP contribution in [0.1, 0.15) is 57.8 Å². The maximum Gasteiger partial charge on any atom is 0.277 e. The zero-order chi connectivity index (χ0) is 17.6. The van der Waals surface area contributed by atoms with Gasteiger partial charge in [0.15, 0.2) is 0 Å². The summed E-state index contributed by atoms with van der Waals surface area (Å²) >= 11 is 1.28. The van der Waals surface area contributed by atoms with Gasteiger partial charge in [0.25, 0.3) is 5.22 Å². The number of thioether (sulfide) groups is 1. The SMILES string of the molecule is CCN(C(=O)CSc1nnc(CN2CCCC2=O)o1)C1CCCCC1. The van der Waals surface area contributed by atoms with Crippen molar-refractivity contribution in [3.8, 4) is 0 Å². The molecule has 1 aliphatic heterocycles. The zero-order valence-electron chi connectivity index (χ0n) is 14.8. The van der Waals surface area contributed by atoms with Crippen LogP contribution in [0.4, 0.5) is 0 Å². The van der Waals surface area contributed by atoms with Gasteiger partial charge in [-0.2, -0.15) is 0 Å². The number of hydrogen-bond acceptors (Lipinski definition) is 6. The van der Waals surface area contributed by atoms with Gasteiger partial charge < -0.3 is 14.2 Å². The first kappa shape index (κ1) is 18.2. The van der Waals surface area contributed by atoms with E-state index in [1.165, 1.54) is 31.0 Å². The largest absolute Gasteiger partial charge is 0.414 e. The lowest BCUT2D eigenvalue weighted by Gasteiger charge is -2.33. The lowest BCUT2D eigenvalue weighted by atomic mass is 9.94. The maximum absolute atomic E-state index is 12.5. The van der Waals surface area contributed by atoms with E-state index in [1.54, 1.807) is 4.90 Å². The molecule has 0 atom stereocenters. The van der Waals surface area contributed by atoms with Crippen LogP contribution in [0.25, 0.3) is 0 Å². The normalized spacial score (nSPS) is 18.8. The van der Waals surface area contributed by atoms with Crippen LogP contribution in [0.5, 0.6) is 0 Å². The van der Waals surface area contributed by atoms with Crippen molar-refractivity contribution < 1.29 is 14.0 Å². The van der Waals surface area contributed by atoms with Crippen molar-refractivity contribution in [2.24, 2.45) is 0 Å². The molecule has 0 spiro atoms. The number of rotatable bonds is 7. The highest BCUT2D eigenvalue weighted by atomic mass is 32.2. The van der Waals surface area contributed by atoms with E-state index in [2.05, 4.69) is 10.2 Å². The van der Waals surface area contributed by atoms with Gasteiger partial charge in [-0.1, -0.05) is 31.0 Å². The van der Waals surface area contributed by atoms with Crippen LogP contribution < -0.4 is 0 Å². The highest BCUT2D eigenvalue weighted by molar-refractivity contribution is 7.99. The molecule has 25 heavy (non-hydrogen) atoms. The van der Waals surface area contributed by atoms with Crippen LogP contribution in [-0.2, 0) is 16.1 Å². The van der Waals surface area contributed by atoms with Gasteiger partial charge in [-0.05, 0) is 26.2 Å². The minimum Gasteiger partial charge on any atom is -0.414 e. The number of likely N-dealkylation sites (tertiary alicyclic amines) is 1. The predicted molar refractivity (Wildman–Crippen MR) is 93.9 cm³/mol. The third kappa shape index (κ3) is 4.74. The molecule has 2 fully saturated rings. The number of amides is 2. The second-order valence-corrected chi connectivity index (χ2v) is 7.57. The molecule has 8 heteroatoms. The van der Waals surface area contributed by atoms with Crippen LogP contribution in [0.15, 0.2) is 9.64 Å². The summed E-state index contributed by atoms with van der Waals surface area (Å²) < 4.78 is 5.58. The molecule has 2 heterocycles. The molecule has 2 amide bonds. The first-order valence-corrected chi connectivity index (χ1v) is 10.2. The van der Waals surface area contributed by atoms with Crippen molar-refractivity contribution in [3.63, 3.8) is 0 Å². The molecular weight excluding hydrogens is 340 g/mol. The Bertz CT molecular complexity index is 600. The highest BCUT2D eigenvalue weighted by Gasteiger charge is 2.25. The Morgan fingerprint density at radius 3 is 2.76 bits per heavy atom. The molecule has 1 saturated carbocycles. The molecule has 1 aliphatic carbocycles. The quantitative estimate of drug-likeness (QED) is 0.690. The smallest absolute Gasteiger partial charge is 0.277 e. The first-order valence-electron chi connectivity index (χ1n) is 9.19. The van der Waals surface area contributed by atoms with E-state index in [0.29, 0.717) is 35.9 Å². The van der Waals surface area contributed by atoms with E-state index in [-0.39, 0.29) is 11.8 Å². The summed E-state index contributed by atoms with van der Waals surface area (Å²) in [6.07, 6.45) is 7.40. The topological polar surface area (TPSA) is 79.5 Å². The van der Waals surface area contributed by atoms with E-state index < -0.39 is 0 Å². The summed E-state index contributed by atoms with van der Waals surface area (Å²) in [4.78, 5) is 27.9. The lowest BCUT2D eigenvalue weighted by molar-refractivity contribution is -0.131. The molecule has 138 valence electrons. The van der Waals surface area contributed by atoms with Gasteiger partial charge in [0.2, 0.25) is 17.7 Å². The molecule has 3 rings (SSSR count).